The predicted octanol–water partition coefficient (Wildman–Crippen LogP) is 4.33. The minimum atomic E-state index is 0.150. The van der Waals surface area contributed by atoms with Gasteiger partial charge in [0.25, 0.3) is 0 Å². The van der Waals surface area contributed by atoms with Crippen LogP contribution in [0.2, 0.25) is 0 Å². The number of nitrogens with one attached hydrogen (secondary N) is 2. The molecule has 2 N–H and O–H groups in total. The number of hydrogen-bond donors (Lipinski definition) is 2. The van der Waals surface area contributed by atoms with E-state index in [9.17, 15) is 0 Å². The molecule has 0 spiro atoms. The lowest BCUT2D eigenvalue weighted by atomic mass is 9.88. The van der Waals surface area contributed by atoms with Crippen LogP contribution < -0.4 is 0 Å². The lowest BCUT2D eigenvalue weighted by Crippen LogP contribution is -2.04. The summed E-state index contributed by atoms with van der Waals surface area (Å²) in [6, 6.07) is 7.93. The van der Waals surface area contributed by atoms with Crippen LogP contribution in [0.3, 0.4) is 0 Å². The molecule has 1 atom stereocenters. The van der Waals surface area contributed by atoms with E-state index in [-0.39, 0.29) is 5.92 Å². The van der Waals surface area contributed by atoms with Gasteiger partial charge in [-0.2, -0.15) is 0 Å². The highest BCUT2D eigenvalue weighted by Gasteiger charge is 2.12. The molecule has 1 aromatic rings. The molecule has 94 valence electrons. The number of hydrogen-bond acceptors (Lipinski definition) is 2. The molecule has 1 aromatic carbocycles. The van der Waals surface area contributed by atoms with E-state index in [1.165, 1.54) is 0 Å². The van der Waals surface area contributed by atoms with Gasteiger partial charge in [-0.25, -0.2) is 0 Å². The summed E-state index contributed by atoms with van der Waals surface area (Å²) in [6.07, 6.45) is 3.63. The third kappa shape index (κ3) is 3.52. The third-order valence-corrected chi connectivity index (χ3v) is 2.93. The van der Waals surface area contributed by atoms with Gasteiger partial charge in [0.1, 0.15) is 0 Å². The minimum Gasteiger partial charge on any atom is -0.306 e. The molecule has 0 saturated heterocycles. The molecule has 0 aliphatic rings. The molecule has 0 amide bonds. The van der Waals surface area contributed by atoms with E-state index in [2.05, 4.69) is 13.5 Å². The Morgan fingerprint density at radius 1 is 1.17 bits per heavy atom. The van der Waals surface area contributed by atoms with Crippen LogP contribution in [0.25, 0.3) is 0 Å². The van der Waals surface area contributed by atoms with Crippen LogP contribution in [0.4, 0.5) is 0 Å². The van der Waals surface area contributed by atoms with Crippen LogP contribution in [0.5, 0.6) is 0 Å². The van der Waals surface area contributed by atoms with E-state index in [1.54, 1.807) is 19.9 Å². The maximum Gasteiger partial charge on any atom is 0.0358 e. The molecule has 2 nitrogen and oxygen atoms in total. The van der Waals surface area contributed by atoms with Crippen LogP contribution in [0.15, 0.2) is 48.6 Å². The minimum absolute atomic E-state index is 0.150. The molecule has 0 bridgehead atoms. The van der Waals surface area contributed by atoms with Crippen molar-refractivity contribution in [3.8, 4) is 0 Å². The predicted molar refractivity (Wildman–Crippen MR) is 79.0 cm³/mol. The van der Waals surface area contributed by atoms with Crippen LogP contribution in [0, 0.1) is 10.8 Å². The van der Waals surface area contributed by atoms with Gasteiger partial charge in [-0.1, -0.05) is 43.8 Å². The first kappa shape index (κ1) is 14.1. The molecule has 0 aliphatic carbocycles. The molecule has 0 aliphatic heterocycles. The zero-order chi connectivity index (χ0) is 13.7. The lowest BCUT2D eigenvalue weighted by molar-refractivity contribution is 0.922. The Morgan fingerprint density at radius 2 is 1.78 bits per heavy atom. The van der Waals surface area contributed by atoms with Crippen molar-refractivity contribution in [1.82, 2.24) is 0 Å². The molecule has 1 unspecified atom stereocenters. The zero-order valence-electron chi connectivity index (χ0n) is 11.2. The highest BCUT2D eigenvalue weighted by atomic mass is 14.4. The monoisotopic (exact) mass is 240 g/mol. The van der Waals surface area contributed by atoms with Crippen molar-refractivity contribution >= 4 is 11.4 Å². The van der Waals surface area contributed by atoms with E-state index in [4.69, 9.17) is 10.8 Å². The summed E-state index contributed by atoms with van der Waals surface area (Å²) in [4.78, 5) is 0. The van der Waals surface area contributed by atoms with Crippen molar-refractivity contribution < 1.29 is 0 Å². The van der Waals surface area contributed by atoms with Gasteiger partial charge in [0, 0.05) is 17.3 Å². The molecule has 18 heavy (non-hydrogen) atoms. The Balaban J connectivity index is 3.04. The van der Waals surface area contributed by atoms with Gasteiger partial charge in [0.2, 0.25) is 0 Å². The van der Waals surface area contributed by atoms with Gasteiger partial charge in [0.05, 0.1) is 0 Å². The van der Waals surface area contributed by atoms with Gasteiger partial charge in [0.15, 0.2) is 0 Å². The van der Waals surface area contributed by atoms with Crippen molar-refractivity contribution in [2.45, 2.75) is 26.7 Å². The molecule has 2 heteroatoms. The van der Waals surface area contributed by atoms with Gasteiger partial charge in [-0.15, -0.1) is 0 Å². The SMILES string of the molecule is C=C(/C=C\C(C)=N)C(C)c1ccccc1C(C)=N. The first-order valence-electron chi connectivity index (χ1n) is 6.00. The van der Waals surface area contributed by atoms with Crippen molar-refractivity contribution in [2.24, 2.45) is 0 Å². The highest BCUT2D eigenvalue weighted by molar-refractivity contribution is 5.98. The van der Waals surface area contributed by atoms with E-state index in [0.29, 0.717) is 11.4 Å². The first-order chi connectivity index (χ1) is 8.43. The van der Waals surface area contributed by atoms with Gasteiger partial charge in [-0.3, -0.25) is 0 Å². The van der Waals surface area contributed by atoms with Crippen molar-refractivity contribution in [2.75, 3.05) is 0 Å². The average Bonchev–Trinajstić information content (AvgIpc) is 2.34. The van der Waals surface area contributed by atoms with Crippen molar-refractivity contribution in [3.05, 3.63) is 59.7 Å². The van der Waals surface area contributed by atoms with Crippen LogP contribution in [-0.2, 0) is 0 Å². The van der Waals surface area contributed by atoms with E-state index in [1.807, 2.05) is 30.3 Å². The lowest BCUT2D eigenvalue weighted by Gasteiger charge is -2.16. The molecule has 0 radical (unpaired) electrons. The normalized spacial score (nSPS) is 12.4. The maximum atomic E-state index is 7.80. The Bertz CT molecular complexity index is 510. The molecule has 0 saturated carbocycles. The molecular formula is C16H20N2. The topological polar surface area (TPSA) is 47.7 Å². The smallest absolute Gasteiger partial charge is 0.0358 e. The quantitative estimate of drug-likeness (QED) is 0.568. The van der Waals surface area contributed by atoms with Crippen LogP contribution >= 0.6 is 0 Å². The van der Waals surface area contributed by atoms with Gasteiger partial charge in [-0.05, 0) is 36.6 Å². The summed E-state index contributed by atoms with van der Waals surface area (Å²) in [5.41, 5.74) is 4.11. The summed E-state index contributed by atoms with van der Waals surface area (Å²) in [7, 11) is 0. The molecule has 0 heterocycles. The van der Waals surface area contributed by atoms with Gasteiger partial charge < -0.3 is 10.8 Å². The fourth-order valence-corrected chi connectivity index (χ4v) is 1.79. The highest BCUT2D eigenvalue weighted by Crippen LogP contribution is 2.26. The molecule has 1 rings (SSSR count). The molecule has 0 aromatic heterocycles. The fraction of sp³-hybridized carbons (Fsp3) is 0.250. The van der Waals surface area contributed by atoms with Gasteiger partial charge >= 0.3 is 0 Å². The Morgan fingerprint density at radius 3 is 2.33 bits per heavy atom. The largest absolute Gasteiger partial charge is 0.306 e. The Hall–Kier alpha value is -1.96. The average molecular weight is 240 g/mol. The van der Waals surface area contributed by atoms with Crippen LogP contribution in [0.1, 0.15) is 37.8 Å². The number of allylic oxidation sites excluding steroid dienone is 3. The Kier molecular flexibility index (Phi) is 4.78. The van der Waals surface area contributed by atoms with E-state index in [0.717, 1.165) is 16.7 Å². The fourth-order valence-electron chi connectivity index (χ4n) is 1.79. The summed E-state index contributed by atoms with van der Waals surface area (Å²) >= 11 is 0. The zero-order valence-corrected chi connectivity index (χ0v) is 11.2. The van der Waals surface area contributed by atoms with E-state index >= 15 is 0 Å². The summed E-state index contributed by atoms with van der Waals surface area (Å²) in [5.74, 6) is 0.150. The second kappa shape index (κ2) is 6.10. The van der Waals surface area contributed by atoms with Crippen LogP contribution in [-0.4, -0.2) is 11.4 Å². The standard InChI is InChI=1S/C16H20N2/c1-11(9-10-12(2)17)13(3)15-7-5-6-8-16(15)14(4)18/h5-10,13,17-18H,1H2,2-4H3/b10-9-,17-12?,18-14?. The molecule has 0 fully saturated rings. The second-order valence-electron chi connectivity index (χ2n) is 4.53. The first-order valence-corrected chi connectivity index (χ1v) is 6.00. The van der Waals surface area contributed by atoms with Crippen molar-refractivity contribution in [3.63, 3.8) is 0 Å². The third-order valence-electron chi connectivity index (χ3n) is 2.93. The van der Waals surface area contributed by atoms with E-state index < -0.39 is 0 Å². The summed E-state index contributed by atoms with van der Waals surface area (Å²) < 4.78 is 0. The molecular weight excluding hydrogens is 220 g/mol. The summed E-state index contributed by atoms with van der Waals surface area (Å²) in [5, 5.41) is 15.2. The number of rotatable bonds is 5. The summed E-state index contributed by atoms with van der Waals surface area (Å²) in [6.45, 7) is 9.66. The second-order valence-corrected chi connectivity index (χ2v) is 4.53. The van der Waals surface area contributed by atoms with Crippen molar-refractivity contribution in [1.29, 1.82) is 10.8 Å². The Labute approximate surface area is 109 Å². The maximum absolute atomic E-state index is 7.80. The number of benzene rings is 1.